The Hall–Kier alpha value is -4.03. The predicted octanol–water partition coefficient (Wildman–Crippen LogP) is 5.46. The summed E-state index contributed by atoms with van der Waals surface area (Å²) in [6, 6.07) is 23.8. The van der Waals surface area contributed by atoms with Crippen LogP contribution in [-0.2, 0) is 12.8 Å². The van der Waals surface area contributed by atoms with Crippen molar-refractivity contribution >= 4 is 21.9 Å². The number of furan rings is 1. The predicted molar refractivity (Wildman–Crippen MR) is 121 cm³/mol. The largest absolute Gasteiger partial charge is 0.464 e. The van der Waals surface area contributed by atoms with Crippen molar-refractivity contribution in [3.63, 3.8) is 0 Å². The van der Waals surface area contributed by atoms with E-state index in [1.165, 1.54) is 0 Å². The molecular weight excluding hydrogens is 370 g/mol. The van der Waals surface area contributed by atoms with Crippen molar-refractivity contribution in [2.45, 2.75) is 12.8 Å². The Bertz CT molecular complexity index is 1460. The zero-order chi connectivity index (χ0) is 20.3. The molecule has 30 heavy (non-hydrogen) atoms. The van der Waals surface area contributed by atoms with Gasteiger partial charge in [0.1, 0.15) is 5.58 Å². The zero-order valence-electron chi connectivity index (χ0n) is 16.3. The number of hydrogen-bond acceptors (Lipinski definition) is 2. The standard InChI is InChI=1S/C27H19NO2/c29-27-23(16-19-5-2-1-3-6-19)18-28-25-11-9-21(17-24(25)27)8-4-7-20-10-12-26-22(15-20)13-14-30-26/h1-3,5-6,9-15,17-18H,7,16H2,(H,28,29). The average Bonchev–Trinajstić information content (AvgIpc) is 3.25. The molecule has 1 N–H and O–H groups in total. The first kappa shape index (κ1) is 18.0. The molecule has 0 atom stereocenters. The molecule has 0 aliphatic rings. The van der Waals surface area contributed by atoms with E-state index in [0.29, 0.717) is 18.2 Å². The van der Waals surface area contributed by atoms with Gasteiger partial charge in [-0.25, -0.2) is 0 Å². The van der Waals surface area contributed by atoms with E-state index in [-0.39, 0.29) is 5.43 Å². The molecule has 5 aromatic rings. The molecule has 0 amide bonds. The third-order valence-electron chi connectivity index (χ3n) is 5.24. The van der Waals surface area contributed by atoms with Crippen molar-refractivity contribution in [1.29, 1.82) is 0 Å². The molecule has 0 fully saturated rings. The highest BCUT2D eigenvalue weighted by atomic mass is 16.3. The molecule has 0 spiro atoms. The molecule has 144 valence electrons. The first-order valence-electron chi connectivity index (χ1n) is 9.89. The summed E-state index contributed by atoms with van der Waals surface area (Å²) in [6.07, 6.45) is 4.76. The zero-order valence-corrected chi connectivity index (χ0v) is 16.3. The van der Waals surface area contributed by atoms with Crippen molar-refractivity contribution in [3.05, 3.63) is 118 Å². The van der Waals surface area contributed by atoms with Crippen LogP contribution in [0.5, 0.6) is 0 Å². The highest BCUT2D eigenvalue weighted by Crippen LogP contribution is 2.17. The molecule has 3 aromatic carbocycles. The number of aromatic nitrogens is 1. The molecule has 0 radical (unpaired) electrons. The lowest BCUT2D eigenvalue weighted by atomic mass is 10.0. The van der Waals surface area contributed by atoms with Crippen LogP contribution in [0.15, 0.2) is 94.5 Å². The number of rotatable bonds is 3. The van der Waals surface area contributed by atoms with Crippen LogP contribution < -0.4 is 5.43 Å². The topological polar surface area (TPSA) is 46.0 Å². The molecular formula is C27H19NO2. The van der Waals surface area contributed by atoms with Gasteiger partial charge in [0.15, 0.2) is 5.43 Å². The molecule has 5 rings (SSSR count). The average molecular weight is 389 g/mol. The fourth-order valence-electron chi connectivity index (χ4n) is 3.66. The van der Waals surface area contributed by atoms with Crippen LogP contribution in [0.2, 0.25) is 0 Å². The lowest BCUT2D eigenvalue weighted by Crippen LogP contribution is -2.10. The first-order chi connectivity index (χ1) is 14.8. The van der Waals surface area contributed by atoms with Gasteiger partial charge in [-0.15, -0.1) is 0 Å². The Morgan fingerprint density at radius 3 is 2.70 bits per heavy atom. The van der Waals surface area contributed by atoms with Gasteiger partial charge in [0.25, 0.3) is 0 Å². The van der Waals surface area contributed by atoms with Gasteiger partial charge in [-0.2, -0.15) is 0 Å². The quantitative estimate of drug-likeness (QED) is 0.417. The van der Waals surface area contributed by atoms with Gasteiger partial charge in [-0.1, -0.05) is 48.2 Å². The summed E-state index contributed by atoms with van der Waals surface area (Å²) < 4.78 is 5.38. The molecule has 0 aliphatic heterocycles. The van der Waals surface area contributed by atoms with Crippen LogP contribution in [0.4, 0.5) is 0 Å². The van der Waals surface area contributed by atoms with E-state index in [1.54, 1.807) is 6.26 Å². The fourth-order valence-corrected chi connectivity index (χ4v) is 3.66. The monoisotopic (exact) mass is 389 g/mol. The Morgan fingerprint density at radius 1 is 0.900 bits per heavy atom. The normalized spacial score (nSPS) is 10.8. The molecule has 2 aromatic heterocycles. The summed E-state index contributed by atoms with van der Waals surface area (Å²) in [5.74, 6) is 6.42. The van der Waals surface area contributed by atoms with Crippen LogP contribution in [0, 0.1) is 11.8 Å². The molecule has 0 bridgehead atoms. The second kappa shape index (κ2) is 7.77. The van der Waals surface area contributed by atoms with Crippen molar-refractivity contribution in [3.8, 4) is 11.8 Å². The lowest BCUT2D eigenvalue weighted by Gasteiger charge is -2.04. The molecule has 0 unspecified atom stereocenters. The number of nitrogens with one attached hydrogen (secondary N) is 1. The highest BCUT2D eigenvalue weighted by molar-refractivity contribution is 5.80. The van der Waals surface area contributed by atoms with E-state index >= 15 is 0 Å². The summed E-state index contributed by atoms with van der Waals surface area (Å²) in [5, 5.41) is 1.76. The summed E-state index contributed by atoms with van der Waals surface area (Å²) in [6.45, 7) is 0. The molecule has 0 saturated carbocycles. The minimum Gasteiger partial charge on any atom is -0.464 e. The molecule has 0 aliphatic carbocycles. The maximum Gasteiger partial charge on any atom is 0.192 e. The summed E-state index contributed by atoms with van der Waals surface area (Å²) >= 11 is 0. The van der Waals surface area contributed by atoms with Gasteiger partial charge in [-0.05, 0) is 47.5 Å². The minimum atomic E-state index is 0.0571. The van der Waals surface area contributed by atoms with Gasteiger partial charge in [-0.3, -0.25) is 4.79 Å². The van der Waals surface area contributed by atoms with Gasteiger partial charge < -0.3 is 9.40 Å². The van der Waals surface area contributed by atoms with Crippen molar-refractivity contribution in [2.24, 2.45) is 0 Å². The number of hydrogen-bond donors (Lipinski definition) is 1. The lowest BCUT2D eigenvalue weighted by molar-refractivity contribution is 0.616. The molecule has 3 heteroatoms. The van der Waals surface area contributed by atoms with Crippen LogP contribution in [0.1, 0.15) is 22.3 Å². The smallest absolute Gasteiger partial charge is 0.192 e. The minimum absolute atomic E-state index is 0.0571. The highest BCUT2D eigenvalue weighted by Gasteiger charge is 2.06. The van der Waals surface area contributed by atoms with Gasteiger partial charge >= 0.3 is 0 Å². The van der Waals surface area contributed by atoms with Crippen molar-refractivity contribution < 1.29 is 4.42 Å². The molecule has 0 saturated heterocycles. The van der Waals surface area contributed by atoms with Gasteiger partial charge in [0, 0.05) is 46.5 Å². The maximum absolute atomic E-state index is 13.0. The Kier molecular flexibility index (Phi) is 4.67. The summed E-state index contributed by atoms with van der Waals surface area (Å²) in [4.78, 5) is 16.2. The summed E-state index contributed by atoms with van der Waals surface area (Å²) in [7, 11) is 0. The van der Waals surface area contributed by atoms with Crippen molar-refractivity contribution in [2.75, 3.05) is 0 Å². The third-order valence-corrected chi connectivity index (χ3v) is 5.24. The van der Waals surface area contributed by atoms with Gasteiger partial charge in [0.05, 0.1) is 6.26 Å². The van der Waals surface area contributed by atoms with E-state index in [9.17, 15) is 4.79 Å². The Labute approximate surface area is 174 Å². The summed E-state index contributed by atoms with van der Waals surface area (Å²) in [5.41, 5.74) is 5.62. The van der Waals surface area contributed by atoms with Crippen LogP contribution in [0.3, 0.4) is 0 Å². The molecule has 2 heterocycles. The number of pyridine rings is 1. The van der Waals surface area contributed by atoms with Gasteiger partial charge in [0.2, 0.25) is 0 Å². The number of aromatic amines is 1. The first-order valence-corrected chi connectivity index (χ1v) is 9.89. The number of fused-ring (bicyclic) bond motifs is 2. The molecule has 3 nitrogen and oxygen atoms in total. The van der Waals surface area contributed by atoms with Crippen LogP contribution in [0.25, 0.3) is 21.9 Å². The SMILES string of the molecule is O=c1c(Cc2ccccc2)c[nH]c2ccc(C#CCc3ccc4occc4c3)cc12. The van der Waals surface area contributed by atoms with Crippen molar-refractivity contribution in [1.82, 2.24) is 4.98 Å². The maximum atomic E-state index is 13.0. The van der Waals surface area contributed by atoms with E-state index < -0.39 is 0 Å². The van der Waals surface area contributed by atoms with E-state index in [4.69, 9.17) is 4.42 Å². The fraction of sp³-hybridized carbons (Fsp3) is 0.0741. The second-order valence-corrected chi connectivity index (χ2v) is 7.34. The number of H-pyrrole nitrogens is 1. The Balaban J connectivity index is 1.42. The Morgan fingerprint density at radius 2 is 1.80 bits per heavy atom. The second-order valence-electron chi connectivity index (χ2n) is 7.34. The van der Waals surface area contributed by atoms with E-state index in [1.807, 2.05) is 72.9 Å². The third kappa shape index (κ3) is 3.64. The van der Waals surface area contributed by atoms with E-state index in [0.717, 1.165) is 38.7 Å². The van der Waals surface area contributed by atoms with E-state index in [2.05, 4.69) is 22.9 Å². The van der Waals surface area contributed by atoms with Crippen LogP contribution in [-0.4, -0.2) is 4.98 Å². The van der Waals surface area contributed by atoms with Crippen LogP contribution >= 0.6 is 0 Å². The number of benzene rings is 3.